The van der Waals surface area contributed by atoms with E-state index in [1.165, 1.54) is 6.42 Å². The molecule has 4 nitrogen and oxygen atoms in total. The molecule has 1 aromatic carbocycles. The lowest BCUT2D eigenvalue weighted by Crippen LogP contribution is -2.38. The Morgan fingerprint density at radius 3 is 2.71 bits per heavy atom. The number of carbonyl (C=O) groups excluding carboxylic acids is 1. The molecule has 1 saturated carbocycles. The molecule has 1 amide bonds. The van der Waals surface area contributed by atoms with Gasteiger partial charge in [0.15, 0.2) is 0 Å². The smallest absolute Gasteiger partial charge is 0.272 e. The van der Waals surface area contributed by atoms with E-state index >= 15 is 0 Å². The molecule has 134 valence electrons. The number of rotatable bonds is 8. The number of ether oxygens (including phenoxy) is 1. The van der Waals surface area contributed by atoms with Crippen molar-refractivity contribution in [2.45, 2.75) is 51.5 Å². The second kappa shape index (κ2) is 8.97. The van der Waals surface area contributed by atoms with Gasteiger partial charge in [-0.3, -0.25) is 4.79 Å². The topological polar surface area (TPSA) is 64.4 Å². The second-order valence-electron chi connectivity index (χ2n) is 6.57. The fourth-order valence-corrected chi connectivity index (χ4v) is 3.26. The quantitative estimate of drug-likeness (QED) is 0.763. The van der Waals surface area contributed by atoms with Crippen LogP contribution in [-0.4, -0.2) is 25.5 Å². The van der Waals surface area contributed by atoms with Gasteiger partial charge in [-0.25, -0.2) is 8.78 Å². The van der Waals surface area contributed by atoms with E-state index in [-0.39, 0.29) is 11.3 Å². The molecule has 0 aliphatic heterocycles. The van der Waals surface area contributed by atoms with Crippen molar-refractivity contribution >= 4 is 5.91 Å². The number of nitrogens with one attached hydrogen (secondary N) is 1. The first-order valence-corrected chi connectivity index (χ1v) is 8.50. The molecule has 0 unspecified atom stereocenters. The Bertz CT molecular complexity index is 532. The normalized spacial score (nSPS) is 16.8. The Balaban J connectivity index is 1.83. The molecular formula is C18H26F2N2O2. The summed E-state index contributed by atoms with van der Waals surface area (Å²) in [6.45, 7) is 0.261. The van der Waals surface area contributed by atoms with Crippen molar-refractivity contribution in [2.24, 2.45) is 11.1 Å². The number of benzene rings is 1. The molecule has 1 fully saturated rings. The minimum absolute atomic E-state index is 0.0127. The molecule has 2 rings (SSSR count). The maximum atomic E-state index is 12.3. The zero-order valence-corrected chi connectivity index (χ0v) is 13.9. The summed E-state index contributed by atoms with van der Waals surface area (Å²) < 4.78 is 29.3. The van der Waals surface area contributed by atoms with Gasteiger partial charge in [-0.15, -0.1) is 0 Å². The van der Waals surface area contributed by atoms with Crippen molar-refractivity contribution in [2.75, 3.05) is 13.2 Å². The maximum Gasteiger partial charge on any atom is 0.272 e. The van der Waals surface area contributed by atoms with E-state index in [9.17, 15) is 13.6 Å². The molecule has 0 spiro atoms. The van der Waals surface area contributed by atoms with Gasteiger partial charge < -0.3 is 15.8 Å². The van der Waals surface area contributed by atoms with Crippen LogP contribution in [-0.2, 0) is 11.3 Å². The number of halogens is 2. The minimum atomic E-state index is -2.50. The van der Waals surface area contributed by atoms with Crippen molar-refractivity contribution in [3.8, 4) is 5.75 Å². The second-order valence-corrected chi connectivity index (χ2v) is 6.57. The van der Waals surface area contributed by atoms with Gasteiger partial charge in [-0.2, -0.15) is 0 Å². The van der Waals surface area contributed by atoms with Crippen molar-refractivity contribution in [3.05, 3.63) is 29.8 Å². The SMILES string of the molecule is NCC1(CC(=O)NCc2cccc(OCC(F)F)c2)CCCCC1. The third kappa shape index (κ3) is 5.74. The molecule has 1 aliphatic carbocycles. The van der Waals surface area contributed by atoms with E-state index < -0.39 is 13.0 Å². The molecule has 1 aromatic rings. The summed E-state index contributed by atoms with van der Waals surface area (Å²) in [6.07, 6.45) is 3.44. The predicted molar refractivity (Wildman–Crippen MR) is 89.0 cm³/mol. The van der Waals surface area contributed by atoms with Gasteiger partial charge in [-0.1, -0.05) is 31.4 Å². The largest absolute Gasteiger partial charge is 0.488 e. The highest BCUT2D eigenvalue weighted by Crippen LogP contribution is 2.38. The van der Waals surface area contributed by atoms with Gasteiger partial charge in [-0.05, 0) is 42.5 Å². The Hall–Kier alpha value is -1.69. The lowest BCUT2D eigenvalue weighted by atomic mass is 9.71. The van der Waals surface area contributed by atoms with Gasteiger partial charge in [0.05, 0.1) is 0 Å². The van der Waals surface area contributed by atoms with E-state index in [0.717, 1.165) is 31.2 Å². The lowest BCUT2D eigenvalue weighted by Gasteiger charge is -2.35. The molecule has 24 heavy (non-hydrogen) atoms. The number of alkyl halides is 2. The highest BCUT2D eigenvalue weighted by atomic mass is 19.3. The molecule has 0 heterocycles. The fourth-order valence-electron chi connectivity index (χ4n) is 3.26. The lowest BCUT2D eigenvalue weighted by molar-refractivity contribution is -0.124. The van der Waals surface area contributed by atoms with Crippen LogP contribution >= 0.6 is 0 Å². The molecule has 0 bridgehead atoms. The van der Waals surface area contributed by atoms with Crippen LogP contribution in [0.15, 0.2) is 24.3 Å². The predicted octanol–water partition coefficient (Wildman–Crippen LogP) is 3.25. The highest BCUT2D eigenvalue weighted by molar-refractivity contribution is 5.76. The number of carbonyl (C=O) groups is 1. The summed E-state index contributed by atoms with van der Waals surface area (Å²) in [4.78, 5) is 12.3. The van der Waals surface area contributed by atoms with Crippen molar-refractivity contribution in [1.29, 1.82) is 0 Å². The third-order valence-electron chi connectivity index (χ3n) is 4.65. The first-order valence-electron chi connectivity index (χ1n) is 8.50. The molecule has 6 heteroatoms. The van der Waals surface area contributed by atoms with Gasteiger partial charge in [0.25, 0.3) is 6.43 Å². The summed E-state index contributed by atoms with van der Waals surface area (Å²) in [6, 6.07) is 6.85. The van der Waals surface area contributed by atoms with Gasteiger partial charge in [0, 0.05) is 13.0 Å². The first-order chi connectivity index (χ1) is 11.5. The third-order valence-corrected chi connectivity index (χ3v) is 4.65. The van der Waals surface area contributed by atoms with Crippen molar-refractivity contribution in [3.63, 3.8) is 0 Å². The van der Waals surface area contributed by atoms with Crippen LogP contribution in [0.3, 0.4) is 0 Å². The highest BCUT2D eigenvalue weighted by Gasteiger charge is 2.32. The molecule has 0 atom stereocenters. The van der Waals surface area contributed by atoms with Crippen LogP contribution in [0.4, 0.5) is 8.78 Å². The maximum absolute atomic E-state index is 12.3. The Kier molecular flexibility index (Phi) is 6.97. The zero-order valence-electron chi connectivity index (χ0n) is 13.9. The standard InChI is InChI=1S/C18H26F2N2O2/c19-16(20)12-24-15-6-4-5-14(9-15)11-22-17(23)10-18(13-21)7-2-1-3-8-18/h4-6,9,16H,1-3,7-8,10-13,21H2,(H,22,23). The molecular weight excluding hydrogens is 314 g/mol. The molecule has 0 radical (unpaired) electrons. The van der Waals surface area contributed by atoms with E-state index in [4.69, 9.17) is 10.5 Å². The monoisotopic (exact) mass is 340 g/mol. The van der Waals surface area contributed by atoms with Crippen LogP contribution in [0.25, 0.3) is 0 Å². The fraction of sp³-hybridized carbons (Fsp3) is 0.611. The summed E-state index contributed by atoms with van der Waals surface area (Å²) in [5.74, 6) is 0.369. The number of amides is 1. The Labute approximate surface area is 141 Å². The zero-order chi connectivity index (χ0) is 17.4. The Morgan fingerprint density at radius 2 is 2.04 bits per heavy atom. The summed E-state index contributed by atoms with van der Waals surface area (Å²) in [5.41, 5.74) is 6.67. The molecule has 0 aromatic heterocycles. The van der Waals surface area contributed by atoms with Crippen LogP contribution in [0, 0.1) is 5.41 Å². The van der Waals surface area contributed by atoms with Crippen LogP contribution in [0.1, 0.15) is 44.1 Å². The average molecular weight is 340 g/mol. The number of hydrogen-bond acceptors (Lipinski definition) is 3. The van der Waals surface area contributed by atoms with E-state index in [0.29, 0.717) is 25.3 Å². The van der Waals surface area contributed by atoms with E-state index in [1.54, 1.807) is 18.2 Å². The van der Waals surface area contributed by atoms with E-state index in [1.807, 2.05) is 6.07 Å². The summed E-state index contributed by atoms with van der Waals surface area (Å²) in [5, 5.41) is 2.90. The van der Waals surface area contributed by atoms with Gasteiger partial charge in [0.2, 0.25) is 5.91 Å². The average Bonchev–Trinajstić information content (AvgIpc) is 2.59. The van der Waals surface area contributed by atoms with Crippen LogP contribution in [0.2, 0.25) is 0 Å². The molecule has 3 N–H and O–H groups in total. The Morgan fingerprint density at radius 1 is 1.29 bits per heavy atom. The number of hydrogen-bond donors (Lipinski definition) is 2. The summed E-state index contributed by atoms with van der Waals surface area (Å²) in [7, 11) is 0. The summed E-state index contributed by atoms with van der Waals surface area (Å²) >= 11 is 0. The van der Waals surface area contributed by atoms with Gasteiger partial charge in [0.1, 0.15) is 12.4 Å². The number of nitrogens with two attached hydrogens (primary N) is 1. The van der Waals surface area contributed by atoms with Crippen molar-refractivity contribution in [1.82, 2.24) is 5.32 Å². The van der Waals surface area contributed by atoms with E-state index in [2.05, 4.69) is 5.32 Å². The first kappa shape index (κ1) is 18.6. The van der Waals surface area contributed by atoms with Crippen molar-refractivity contribution < 1.29 is 18.3 Å². The molecule has 0 saturated heterocycles. The van der Waals surface area contributed by atoms with Gasteiger partial charge >= 0.3 is 0 Å². The van der Waals surface area contributed by atoms with Crippen LogP contribution < -0.4 is 15.8 Å². The van der Waals surface area contributed by atoms with Crippen LogP contribution in [0.5, 0.6) is 5.75 Å². The minimum Gasteiger partial charge on any atom is -0.488 e. The molecule has 1 aliphatic rings.